The summed E-state index contributed by atoms with van der Waals surface area (Å²) in [5, 5.41) is 12.0. The lowest BCUT2D eigenvalue weighted by Gasteiger charge is -2.41. The van der Waals surface area contributed by atoms with Crippen molar-refractivity contribution in [3.05, 3.63) is 39.5 Å². The Morgan fingerprint density at radius 2 is 1.64 bits per heavy atom. The van der Waals surface area contributed by atoms with Gasteiger partial charge in [-0.15, -0.1) is 0 Å². The Labute approximate surface area is 93.8 Å². The van der Waals surface area contributed by atoms with Crippen LogP contribution in [-0.2, 0) is 6.54 Å². The van der Waals surface area contributed by atoms with Crippen LogP contribution < -0.4 is 0 Å². The largest absolute Gasteiger partial charge is 0.633 e. The Morgan fingerprint density at radius 1 is 1.14 bits per heavy atom. The van der Waals surface area contributed by atoms with Crippen LogP contribution in [0.5, 0.6) is 0 Å². The molecule has 0 amide bonds. The normalized spacial score (nSPS) is 11.7. The number of halogens is 1. The highest BCUT2D eigenvalue weighted by Crippen LogP contribution is 2.15. The number of hydrogen-bond donors (Lipinski definition) is 0. The van der Waals surface area contributed by atoms with Crippen molar-refractivity contribution in [1.29, 1.82) is 0 Å². The van der Waals surface area contributed by atoms with Gasteiger partial charge in [-0.05, 0) is 26.0 Å². The highest BCUT2D eigenvalue weighted by Gasteiger charge is 2.11. The summed E-state index contributed by atoms with van der Waals surface area (Å²) < 4.78 is 0.917. The zero-order valence-electron chi connectivity index (χ0n) is 8.66. The smallest absolute Gasteiger partial charge is 0.104 e. The van der Waals surface area contributed by atoms with E-state index >= 15 is 0 Å². The fourth-order valence-corrected chi connectivity index (χ4v) is 1.63. The monoisotopic (exact) mass is 257 g/mol. The Bertz CT molecular complexity index is 280. The van der Waals surface area contributed by atoms with E-state index in [1.165, 1.54) is 0 Å². The molecule has 0 aromatic heterocycles. The molecule has 0 aliphatic heterocycles. The Kier molecular flexibility index (Phi) is 4.11. The molecule has 0 saturated heterocycles. The van der Waals surface area contributed by atoms with E-state index in [-0.39, 0.29) is 4.65 Å². The van der Waals surface area contributed by atoms with Gasteiger partial charge in [0.25, 0.3) is 0 Å². The maximum atomic E-state index is 12.0. The van der Waals surface area contributed by atoms with E-state index in [9.17, 15) is 5.21 Å². The summed E-state index contributed by atoms with van der Waals surface area (Å²) >= 11 is 3.38. The predicted octanol–water partition coefficient (Wildman–Crippen LogP) is 3.30. The molecule has 0 fully saturated rings. The Balaban J connectivity index is 2.72. The molecule has 0 atom stereocenters. The summed E-state index contributed by atoms with van der Waals surface area (Å²) in [6, 6.07) is 7.95. The lowest BCUT2D eigenvalue weighted by Crippen LogP contribution is -2.40. The van der Waals surface area contributed by atoms with Gasteiger partial charge in [-0.2, -0.15) is 0 Å². The van der Waals surface area contributed by atoms with Crippen molar-refractivity contribution in [1.82, 2.24) is 0 Å². The van der Waals surface area contributed by atoms with Crippen molar-refractivity contribution in [3.8, 4) is 0 Å². The van der Waals surface area contributed by atoms with Gasteiger partial charge in [0.05, 0.1) is 13.1 Å². The summed E-state index contributed by atoms with van der Waals surface area (Å²) in [7, 11) is 0. The van der Waals surface area contributed by atoms with Gasteiger partial charge >= 0.3 is 0 Å². The minimum atomic E-state index is -0.137. The first kappa shape index (κ1) is 11.7. The van der Waals surface area contributed by atoms with Gasteiger partial charge in [0, 0.05) is 10.0 Å². The van der Waals surface area contributed by atoms with Gasteiger partial charge in [0.1, 0.15) is 6.54 Å². The first-order valence-electron chi connectivity index (χ1n) is 4.91. The van der Waals surface area contributed by atoms with Crippen molar-refractivity contribution in [3.63, 3.8) is 0 Å². The van der Waals surface area contributed by atoms with Crippen molar-refractivity contribution < 1.29 is 4.65 Å². The molecule has 0 aliphatic carbocycles. The highest BCUT2D eigenvalue weighted by molar-refractivity contribution is 9.10. The third-order valence-electron chi connectivity index (χ3n) is 2.54. The van der Waals surface area contributed by atoms with Gasteiger partial charge in [0.15, 0.2) is 0 Å². The molecule has 3 heteroatoms. The highest BCUT2D eigenvalue weighted by atomic mass is 79.9. The van der Waals surface area contributed by atoms with E-state index in [2.05, 4.69) is 15.9 Å². The molecular weight excluding hydrogens is 242 g/mol. The second-order valence-corrected chi connectivity index (χ2v) is 4.39. The fraction of sp³-hybridized carbons (Fsp3) is 0.455. The summed E-state index contributed by atoms with van der Waals surface area (Å²) in [5.74, 6) is 0. The van der Waals surface area contributed by atoms with E-state index in [0.717, 1.165) is 10.0 Å². The van der Waals surface area contributed by atoms with Crippen molar-refractivity contribution in [2.45, 2.75) is 20.4 Å². The molecule has 0 bridgehead atoms. The quantitative estimate of drug-likeness (QED) is 0.600. The molecule has 0 heterocycles. The number of benzene rings is 1. The van der Waals surface area contributed by atoms with E-state index in [1.54, 1.807) is 0 Å². The standard InChI is InChI=1S/C11H16BrNO/c1-3-13(14,4-2)9-10-5-7-11(12)8-6-10/h5-8H,3-4,9H2,1-2H3. The second kappa shape index (κ2) is 4.91. The van der Waals surface area contributed by atoms with Gasteiger partial charge in [-0.25, -0.2) is 0 Å². The van der Waals surface area contributed by atoms with Crippen LogP contribution in [0.4, 0.5) is 0 Å². The third kappa shape index (κ3) is 3.08. The van der Waals surface area contributed by atoms with Crippen LogP contribution in [0.25, 0.3) is 0 Å². The number of nitrogens with zero attached hydrogens (tertiary/aromatic N) is 1. The molecule has 0 unspecified atom stereocenters. The summed E-state index contributed by atoms with van der Waals surface area (Å²) in [5.41, 5.74) is 1.10. The van der Waals surface area contributed by atoms with Crippen molar-refractivity contribution in [2.24, 2.45) is 0 Å². The topological polar surface area (TPSA) is 23.1 Å². The SMILES string of the molecule is CC[N+]([O-])(CC)Cc1ccc(Br)cc1. The van der Waals surface area contributed by atoms with Gasteiger partial charge < -0.3 is 9.85 Å². The molecular formula is C11H16BrNO. The first-order chi connectivity index (χ1) is 6.59. The van der Waals surface area contributed by atoms with Crippen LogP contribution in [0, 0.1) is 5.21 Å². The van der Waals surface area contributed by atoms with E-state index in [0.29, 0.717) is 19.6 Å². The predicted molar refractivity (Wildman–Crippen MR) is 62.6 cm³/mol. The van der Waals surface area contributed by atoms with Gasteiger partial charge in [0.2, 0.25) is 0 Å². The van der Waals surface area contributed by atoms with E-state index in [4.69, 9.17) is 0 Å². The Hall–Kier alpha value is -0.380. The van der Waals surface area contributed by atoms with E-state index < -0.39 is 0 Å². The summed E-state index contributed by atoms with van der Waals surface area (Å²) in [6.07, 6.45) is 0. The lowest BCUT2D eigenvalue weighted by molar-refractivity contribution is -0.890. The molecule has 1 aromatic rings. The average Bonchev–Trinajstić information content (AvgIpc) is 2.21. The van der Waals surface area contributed by atoms with Gasteiger partial charge in [-0.3, -0.25) is 0 Å². The zero-order valence-corrected chi connectivity index (χ0v) is 10.3. The molecule has 1 aromatic carbocycles. The van der Waals surface area contributed by atoms with Crippen LogP contribution >= 0.6 is 15.9 Å². The first-order valence-corrected chi connectivity index (χ1v) is 5.70. The molecule has 0 N–H and O–H groups in total. The molecule has 2 nitrogen and oxygen atoms in total. The van der Waals surface area contributed by atoms with Crippen molar-refractivity contribution >= 4 is 15.9 Å². The molecule has 1 rings (SSSR count). The van der Waals surface area contributed by atoms with Crippen LogP contribution in [0.2, 0.25) is 0 Å². The number of quaternary nitrogens is 1. The minimum absolute atomic E-state index is 0.137. The molecule has 0 aliphatic rings. The number of hydroxylamine groups is 3. The average molecular weight is 258 g/mol. The van der Waals surface area contributed by atoms with E-state index in [1.807, 2.05) is 38.1 Å². The minimum Gasteiger partial charge on any atom is -0.633 e. The van der Waals surface area contributed by atoms with Gasteiger partial charge in [-0.1, -0.05) is 28.1 Å². The zero-order chi connectivity index (χ0) is 10.6. The lowest BCUT2D eigenvalue weighted by atomic mass is 10.2. The number of hydrogen-bond acceptors (Lipinski definition) is 1. The number of rotatable bonds is 4. The summed E-state index contributed by atoms with van der Waals surface area (Å²) in [4.78, 5) is 0. The van der Waals surface area contributed by atoms with Crippen LogP contribution in [0.15, 0.2) is 28.7 Å². The molecule has 0 radical (unpaired) electrons. The second-order valence-electron chi connectivity index (χ2n) is 3.48. The van der Waals surface area contributed by atoms with Crippen LogP contribution in [-0.4, -0.2) is 17.7 Å². The maximum absolute atomic E-state index is 12.0. The third-order valence-corrected chi connectivity index (χ3v) is 3.07. The maximum Gasteiger partial charge on any atom is 0.104 e. The fourth-order valence-electron chi connectivity index (χ4n) is 1.37. The molecule has 0 saturated carbocycles. The molecule has 78 valence electrons. The van der Waals surface area contributed by atoms with Crippen LogP contribution in [0.3, 0.4) is 0 Å². The molecule has 14 heavy (non-hydrogen) atoms. The Morgan fingerprint density at radius 3 is 2.07 bits per heavy atom. The van der Waals surface area contributed by atoms with Crippen molar-refractivity contribution in [2.75, 3.05) is 13.1 Å². The van der Waals surface area contributed by atoms with Crippen LogP contribution in [0.1, 0.15) is 19.4 Å². The molecule has 0 spiro atoms. The summed E-state index contributed by atoms with van der Waals surface area (Å²) in [6.45, 7) is 5.71.